The second-order valence-corrected chi connectivity index (χ2v) is 9.03. The Hall–Kier alpha value is -4.34. The molecule has 0 aliphatic heterocycles. The summed E-state index contributed by atoms with van der Waals surface area (Å²) in [7, 11) is 0. The second-order valence-electron chi connectivity index (χ2n) is 8.70. The third-order valence-corrected chi connectivity index (χ3v) is 6.79. The SMILES string of the molecule is Clc1nc(-c2ccc3c(ccc4ccccc43)c2)nc(-c2ccc3ccc4ccccc4c3c2)n1. The fraction of sp³-hybridized carbons (Fsp3) is 0. The molecule has 3 nitrogen and oxygen atoms in total. The Balaban J connectivity index is 1.38. The van der Waals surface area contributed by atoms with Crippen molar-refractivity contribution in [1.29, 1.82) is 0 Å². The molecule has 0 spiro atoms. The summed E-state index contributed by atoms with van der Waals surface area (Å²) in [4.78, 5) is 13.7. The van der Waals surface area contributed by atoms with E-state index in [-0.39, 0.29) is 5.28 Å². The van der Waals surface area contributed by atoms with E-state index in [1.165, 1.54) is 32.3 Å². The highest BCUT2D eigenvalue weighted by Gasteiger charge is 2.12. The zero-order valence-electron chi connectivity index (χ0n) is 18.6. The van der Waals surface area contributed by atoms with Crippen molar-refractivity contribution >= 4 is 54.7 Å². The Morgan fingerprint density at radius 1 is 0.400 bits per heavy atom. The zero-order valence-corrected chi connectivity index (χ0v) is 19.4. The van der Waals surface area contributed by atoms with Gasteiger partial charge in [-0.2, -0.15) is 9.97 Å². The highest BCUT2D eigenvalue weighted by Crippen LogP contribution is 2.32. The summed E-state index contributed by atoms with van der Waals surface area (Å²) in [5.74, 6) is 1.13. The molecule has 0 atom stereocenters. The Morgan fingerprint density at radius 2 is 0.886 bits per heavy atom. The van der Waals surface area contributed by atoms with E-state index >= 15 is 0 Å². The molecule has 7 rings (SSSR count). The third kappa shape index (κ3) is 3.40. The Morgan fingerprint density at radius 3 is 1.60 bits per heavy atom. The Labute approximate surface area is 206 Å². The lowest BCUT2D eigenvalue weighted by Gasteiger charge is -2.09. The Bertz CT molecular complexity index is 1930. The van der Waals surface area contributed by atoms with Crippen molar-refractivity contribution in [3.8, 4) is 22.8 Å². The molecule has 0 radical (unpaired) electrons. The van der Waals surface area contributed by atoms with E-state index in [0.717, 1.165) is 21.9 Å². The van der Waals surface area contributed by atoms with Gasteiger partial charge in [0, 0.05) is 11.1 Å². The van der Waals surface area contributed by atoms with Gasteiger partial charge in [0.15, 0.2) is 11.6 Å². The van der Waals surface area contributed by atoms with Crippen LogP contribution in [0.25, 0.3) is 65.9 Å². The van der Waals surface area contributed by atoms with Crippen LogP contribution in [0.2, 0.25) is 5.28 Å². The molecule has 164 valence electrons. The smallest absolute Gasteiger partial charge is 0.208 e. The summed E-state index contributed by atoms with van der Waals surface area (Å²) < 4.78 is 0. The summed E-state index contributed by atoms with van der Waals surface area (Å²) in [6.07, 6.45) is 0. The minimum atomic E-state index is 0.182. The molecule has 1 heterocycles. The normalized spacial score (nSPS) is 11.6. The van der Waals surface area contributed by atoms with Crippen LogP contribution in [0.1, 0.15) is 0 Å². The molecule has 0 bridgehead atoms. The van der Waals surface area contributed by atoms with E-state index in [0.29, 0.717) is 11.6 Å². The van der Waals surface area contributed by atoms with Crippen molar-refractivity contribution in [2.24, 2.45) is 0 Å². The van der Waals surface area contributed by atoms with Gasteiger partial charge in [-0.25, -0.2) is 4.98 Å². The maximum absolute atomic E-state index is 6.40. The van der Waals surface area contributed by atoms with E-state index in [2.05, 4.69) is 113 Å². The minimum absolute atomic E-state index is 0.182. The number of nitrogens with zero attached hydrogens (tertiary/aromatic N) is 3. The maximum Gasteiger partial charge on any atom is 0.226 e. The van der Waals surface area contributed by atoms with E-state index in [9.17, 15) is 0 Å². The molecular formula is C31H18ClN3. The molecule has 4 heteroatoms. The second kappa shape index (κ2) is 7.86. The molecule has 6 aromatic carbocycles. The van der Waals surface area contributed by atoms with Crippen LogP contribution in [-0.2, 0) is 0 Å². The van der Waals surface area contributed by atoms with Gasteiger partial charge in [-0.3, -0.25) is 0 Å². The molecular weight excluding hydrogens is 450 g/mol. The molecule has 0 saturated heterocycles. The molecule has 0 aliphatic rings. The lowest BCUT2D eigenvalue weighted by Crippen LogP contribution is -1.97. The molecule has 0 amide bonds. The first-order chi connectivity index (χ1) is 17.2. The zero-order chi connectivity index (χ0) is 23.4. The molecule has 0 unspecified atom stereocenters. The fourth-order valence-electron chi connectivity index (χ4n) is 4.90. The van der Waals surface area contributed by atoms with Gasteiger partial charge in [0.05, 0.1) is 0 Å². The van der Waals surface area contributed by atoms with E-state index in [1.54, 1.807) is 0 Å². The molecule has 35 heavy (non-hydrogen) atoms. The first-order valence-corrected chi connectivity index (χ1v) is 11.9. The number of hydrogen-bond donors (Lipinski definition) is 0. The largest absolute Gasteiger partial charge is 0.226 e. The first-order valence-electron chi connectivity index (χ1n) is 11.5. The van der Waals surface area contributed by atoms with Crippen LogP contribution < -0.4 is 0 Å². The molecule has 0 saturated carbocycles. The topological polar surface area (TPSA) is 38.7 Å². The molecule has 7 aromatic rings. The average molecular weight is 468 g/mol. The van der Waals surface area contributed by atoms with E-state index in [4.69, 9.17) is 16.6 Å². The van der Waals surface area contributed by atoms with Crippen molar-refractivity contribution in [1.82, 2.24) is 15.0 Å². The standard InChI is InChI=1S/C31H18ClN3/c32-31-34-29(23-15-16-27-22(17-23)13-11-19-5-1-3-7-25(19)27)33-30(35-31)24-14-12-21-10-9-20-6-2-4-8-26(20)28(21)18-24/h1-18H. The van der Waals surface area contributed by atoms with Crippen LogP contribution in [-0.4, -0.2) is 15.0 Å². The van der Waals surface area contributed by atoms with Gasteiger partial charge in [0.2, 0.25) is 5.28 Å². The van der Waals surface area contributed by atoms with Gasteiger partial charge < -0.3 is 0 Å². The lowest BCUT2D eigenvalue weighted by molar-refractivity contribution is 1.07. The predicted molar refractivity (Wildman–Crippen MR) is 146 cm³/mol. The van der Waals surface area contributed by atoms with Gasteiger partial charge in [-0.15, -0.1) is 0 Å². The van der Waals surface area contributed by atoms with Gasteiger partial charge in [0.25, 0.3) is 0 Å². The number of halogens is 1. The van der Waals surface area contributed by atoms with Gasteiger partial charge in [-0.1, -0.05) is 97.1 Å². The highest BCUT2D eigenvalue weighted by atomic mass is 35.5. The number of hydrogen-bond acceptors (Lipinski definition) is 3. The monoisotopic (exact) mass is 467 g/mol. The summed E-state index contributed by atoms with van der Waals surface area (Å²) >= 11 is 6.40. The first kappa shape index (κ1) is 20.1. The molecule has 0 N–H and O–H groups in total. The van der Waals surface area contributed by atoms with Crippen LogP contribution in [0.5, 0.6) is 0 Å². The number of aromatic nitrogens is 3. The highest BCUT2D eigenvalue weighted by molar-refractivity contribution is 6.28. The maximum atomic E-state index is 6.40. The number of rotatable bonds is 2. The predicted octanol–water partition coefficient (Wildman–Crippen LogP) is 8.47. The van der Waals surface area contributed by atoms with E-state index < -0.39 is 0 Å². The van der Waals surface area contributed by atoms with Crippen molar-refractivity contribution in [2.75, 3.05) is 0 Å². The van der Waals surface area contributed by atoms with Crippen LogP contribution >= 0.6 is 11.6 Å². The van der Waals surface area contributed by atoms with Gasteiger partial charge >= 0.3 is 0 Å². The Kier molecular flexibility index (Phi) is 4.51. The summed E-state index contributed by atoms with van der Waals surface area (Å²) in [5.41, 5.74) is 1.82. The lowest BCUT2D eigenvalue weighted by atomic mass is 9.99. The van der Waals surface area contributed by atoms with Gasteiger partial charge in [0.1, 0.15) is 0 Å². The van der Waals surface area contributed by atoms with Crippen molar-refractivity contribution in [3.63, 3.8) is 0 Å². The summed E-state index contributed by atoms with van der Waals surface area (Å²) in [6, 6.07) is 38.0. The third-order valence-electron chi connectivity index (χ3n) is 6.62. The fourth-order valence-corrected chi connectivity index (χ4v) is 5.06. The minimum Gasteiger partial charge on any atom is -0.208 e. The quantitative estimate of drug-likeness (QED) is 0.239. The van der Waals surface area contributed by atoms with Crippen molar-refractivity contribution < 1.29 is 0 Å². The molecule has 0 aliphatic carbocycles. The number of benzene rings is 6. The average Bonchev–Trinajstić information content (AvgIpc) is 2.92. The van der Waals surface area contributed by atoms with Crippen LogP contribution in [0, 0.1) is 0 Å². The van der Waals surface area contributed by atoms with E-state index in [1.807, 2.05) is 6.07 Å². The molecule has 0 fully saturated rings. The number of fused-ring (bicyclic) bond motifs is 6. The van der Waals surface area contributed by atoms with Crippen molar-refractivity contribution in [3.05, 3.63) is 114 Å². The van der Waals surface area contributed by atoms with Crippen molar-refractivity contribution in [2.45, 2.75) is 0 Å². The summed E-state index contributed by atoms with van der Waals surface area (Å²) in [5, 5.41) is 9.72. The van der Waals surface area contributed by atoms with Gasteiger partial charge in [-0.05, 0) is 66.8 Å². The molecule has 1 aromatic heterocycles. The van der Waals surface area contributed by atoms with Crippen LogP contribution in [0.3, 0.4) is 0 Å². The van der Waals surface area contributed by atoms with Crippen LogP contribution in [0.4, 0.5) is 0 Å². The van der Waals surface area contributed by atoms with Crippen LogP contribution in [0.15, 0.2) is 109 Å². The summed E-state index contributed by atoms with van der Waals surface area (Å²) in [6.45, 7) is 0.